The lowest BCUT2D eigenvalue weighted by Gasteiger charge is -2.17. The van der Waals surface area contributed by atoms with Crippen molar-refractivity contribution >= 4 is 45.6 Å². The zero-order valence-electron chi connectivity index (χ0n) is 9.95. The first-order chi connectivity index (χ1) is 8.56. The Hall–Kier alpha value is -0.940. The quantitative estimate of drug-likeness (QED) is 0.605. The molecule has 0 amide bonds. The topological polar surface area (TPSA) is 38.0 Å². The van der Waals surface area contributed by atoms with Crippen molar-refractivity contribution in [2.75, 3.05) is 11.1 Å². The van der Waals surface area contributed by atoms with E-state index >= 15 is 0 Å². The van der Waals surface area contributed by atoms with Crippen LogP contribution in [0.15, 0.2) is 42.5 Å². The van der Waals surface area contributed by atoms with Crippen molar-refractivity contribution in [3.8, 4) is 0 Å². The highest BCUT2D eigenvalue weighted by molar-refractivity contribution is 14.1. The van der Waals surface area contributed by atoms with Crippen LogP contribution in [0, 0.1) is 3.57 Å². The van der Waals surface area contributed by atoms with Gasteiger partial charge in [0.1, 0.15) is 0 Å². The van der Waals surface area contributed by atoms with Crippen molar-refractivity contribution in [3.63, 3.8) is 0 Å². The van der Waals surface area contributed by atoms with Crippen molar-refractivity contribution in [3.05, 3.63) is 56.6 Å². The Morgan fingerprint density at radius 1 is 1.17 bits per heavy atom. The maximum Gasteiger partial charge on any atom is 0.0579 e. The van der Waals surface area contributed by atoms with E-state index in [0.29, 0.717) is 0 Å². The third-order valence-corrected chi connectivity index (χ3v) is 3.68. The van der Waals surface area contributed by atoms with E-state index in [9.17, 15) is 0 Å². The molecule has 0 aromatic heterocycles. The highest BCUT2D eigenvalue weighted by Crippen LogP contribution is 2.26. The van der Waals surface area contributed by atoms with Gasteiger partial charge >= 0.3 is 0 Å². The second-order valence-corrected chi connectivity index (χ2v) is 5.83. The van der Waals surface area contributed by atoms with E-state index in [1.54, 1.807) is 0 Å². The Kier molecular flexibility index (Phi) is 4.35. The second kappa shape index (κ2) is 5.80. The Morgan fingerprint density at radius 2 is 1.83 bits per heavy atom. The van der Waals surface area contributed by atoms with Crippen LogP contribution in [0.2, 0.25) is 5.02 Å². The monoisotopic (exact) mass is 372 g/mol. The molecule has 0 heterocycles. The molecule has 0 bridgehead atoms. The van der Waals surface area contributed by atoms with Gasteiger partial charge in [0.05, 0.1) is 11.4 Å². The molecule has 0 saturated carbocycles. The van der Waals surface area contributed by atoms with Crippen LogP contribution < -0.4 is 11.1 Å². The van der Waals surface area contributed by atoms with Crippen LogP contribution in [0.25, 0.3) is 0 Å². The van der Waals surface area contributed by atoms with Crippen molar-refractivity contribution in [1.82, 2.24) is 0 Å². The minimum absolute atomic E-state index is 0.185. The minimum Gasteiger partial charge on any atom is -0.397 e. The number of hydrogen-bond acceptors (Lipinski definition) is 2. The van der Waals surface area contributed by atoms with Gasteiger partial charge < -0.3 is 11.1 Å². The van der Waals surface area contributed by atoms with Crippen LogP contribution in [-0.2, 0) is 0 Å². The molecule has 4 heteroatoms. The summed E-state index contributed by atoms with van der Waals surface area (Å²) in [7, 11) is 0. The maximum atomic E-state index is 5.98. The summed E-state index contributed by atoms with van der Waals surface area (Å²) in [6.45, 7) is 2.10. The van der Waals surface area contributed by atoms with Crippen molar-refractivity contribution < 1.29 is 0 Å². The molecule has 1 atom stereocenters. The summed E-state index contributed by atoms with van der Waals surface area (Å²) < 4.78 is 1.13. The number of anilines is 2. The molecule has 2 aromatic rings. The van der Waals surface area contributed by atoms with Gasteiger partial charge in [0, 0.05) is 14.6 Å². The van der Waals surface area contributed by atoms with Crippen molar-refractivity contribution in [1.29, 1.82) is 0 Å². The van der Waals surface area contributed by atoms with Gasteiger partial charge in [-0.2, -0.15) is 0 Å². The number of nitrogen functional groups attached to an aromatic ring is 1. The standard InChI is InChI=1S/C14H14ClIN2/c1-9(10-2-4-11(15)5-3-10)18-14-7-6-12(16)8-13(14)17/h2-9,18H,17H2,1H3. The Balaban J connectivity index is 2.15. The number of hydrogen-bond donors (Lipinski definition) is 2. The molecular weight excluding hydrogens is 359 g/mol. The van der Waals surface area contributed by atoms with Gasteiger partial charge in [0.25, 0.3) is 0 Å². The summed E-state index contributed by atoms with van der Waals surface area (Å²) in [6, 6.07) is 14.0. The number of benzene rings is 2. The summed E-state index contributed by atoms with van der Waals surface area (Å²) in [5, 5.41) is 4.15. The summed E-state index contributed by atoms with van der Waals surface area (Å²) in [5.74, 6) is 0. The molecule has 2 rings (SSSR count). The molecule has 0 fully saturated rings. The molecule has 2 nitrogen and oxygen atoms in total. The summed E-state index contributed by atoms with van der Waals surface area (Å²) in [5.41, 5.74) is 8.88. The SMILES string of the molecule is CC(Nc1ccc(I)cc1N)c1ccc(Cl)cc1. The maximum absolute atomic E-state index is 5.98. The first-order valence-electron chi connectivity index (χ1n) is 5.63. The minimum atomic E-state index is 0.185. The van der Waals surface area contributed by atoms with E-state index in [4.69, 9.17) is 17.3 Å². The molecule has 3 N–H and O–H groups in total. The number of halogens is 2. The fourth-order valence-corrected chi connectivity index (χ4v) is 2.37. The summed E-state index contributed by atoms with van der Waals surface area (Å²) >= 11 is 8.13. The van der Waals surface area contributed by atoms with Crippen LogP contribution >= 0.6 is 34.2 Å². The van der Waals surface area contributed by atoms with E-state index in [2.05, 4.69) is 34.8 Å². The van der Waals surface area contributed by atoms with Crippen LogP contribution in [-0.4, -0.2) is 0 Å². The third kappa shape index (κ3) is 3.29. The third-order valence-electron chi connectivity index (χ3n) is 2.76. The van der Waals surface area contributed by atoms with Gasteiger partial charge in [-0.1, -0.05) is 23.7 Å². The molecule has 0 radical (unpaired) electrons. The lowest BCUT2D eigenvalue weighted by molar-refractivity contribution is 0.885. The fourth-order valence-electron chi connectivity index (χ4n) is 1.73. The van der Waals surface area contributed by atoms with Gasteiger partial charge in [0.15, 0.2) is 0 Å². The first-order valence-corrected chi connectivity index (χ1v) is 7.09. The van der Waals surface area contributed by atoms with Crippen LogP contribution in [0.4, 0.5) is 11.4 Å². The molecule has 18 heavy (non-hydrogen) atoms. The van der Waals surface area contributed by atoms with Gasteiger partial charge in [-0.05, 0) is 65.4 Å². The molecule has 1 unspecified atom stereocenters. The van der Waals surface area contributed by atoms with Crippen LogP contribution in [0.3, 0.4) is 0 Å². The molecule has 94 valence electrons. The molecular formula is C14H14ClIN2. The van der Waals surface area contributed by atoms with Gasteiger partial charge in [0.2, 0.25) is 0 Å². The number of nitrogens with one attached hydrogen (secondary N) is 1. The van der Waals surface area contributed by atoms with Crippen molar-refractivity contribution in [2.24, 2.45) is 0 Å². The molecule has 0 aliphatic carbocycles. The molecule has 0 aliphatic rings. The molecule has 0 spiro atoms. The first kappa shape index (κ1) is 13.5. The van der Waals surface area contributed by atoms with Gasteiger partial charge in [-0.15, -0.1) is 0 Å². The highest BCUT2D eigenvalue weighted by Gasteiger charge is 2.07. The summed E-state index contributed by atoms with van der Waals surface area (Å²) in [6.07, 6.45) is 0. The predicted molar refractivity (Wildman–Crippen MR) is 87.1 cm³/mol. The fraction of sp³-hybridized carbons (Fsp3) is 0.143. The van der Waals surface area contributed by atoms with Crippen LogP contribution in [0.5, 0.6) is 0 Å². The smallest absolute Gasteiger partial charge is 0.0579 e. The Bertz CT molecular complexity index is 540. The predicted octanol–water partition coefficient (Wildman–Crippen LogP) is 4.70. The number of nitrogens with two attached hydrogens (primary N) is 1. The average molecular weight is 373 g/mol. The van der Waals surface area contributed by atoms with E-state index < -0.39 is 0 Å². The normalized spacial score (nSPS) is 12.2. The Labute approximate surface area is 126 Å². The largest absolute Gasteiger partial charge is 0.397 e. The van der Waals surface area contributed by atoms with Gasteiger partial charge in [-0.25, -0.2) is 0 Å². The molecule has 0 saturated heterocycles. The zero-order valence-corrected chi connectivity index (χ0v) is 12.9. The average Bonchev–Trinajstić information content (AvgIpc) is 2.33. The molecule has 0 aliphatic heterocycles. The van der Waals surface area contributed by atoms with Crippen molar-refractivity contribution in [2.45, 2.75) is 13.0 Å². The summed E-state index contributed by atoms with van der Waals surface area (Å²) in [4.78, 5) is 0. The highest BCUT2D eigenvalue weighted by atomic mass is 127. The lowest BCUT2D eigenvalue weighted by atomic mass is 10.1. The lowest BCUT2D eigenvalue weighted by Crippen LogP contribution is -2.08. The zero-order chi connectivity index (χ0) is 13.1. The van der Waals surface area contributed by atoms with Gasteiger partial charge in [-0.3, -0.25) is 0 Å². The van der Waals surface area contributed by atoms with Crippen LogP contribution in [0.1, 0.15) is 18.5 Å². The van der Waals surface area contributed by atoms with E-state index in [1.165, 1.54) is 5.56 Å². The van der Waals surface area contributed by atoms with E-state index in [0.717, 1.165) is 20.0 Å². The Morgan fingerprint density at radius 3 is 2.44 bits per heavy atom. The number of rotatable bonds is 3. The molecule has 2 aromatic carbocycles. The second-order valence-electron chi connectivity index (χ2n) is 4.15. The van der Waals surface area contributed by atoms with E-state index in [-0.39, 0.29) is 6.04 Å². The van der Waals surface area contributed by atoms with E-state index in [1.807, 2.05) is 42.5 Å².